The number of carboxylic acids is 1. The Morgan fingerprint density at radius 3 is 2.63 bits per heavy atom. The van der Waals surface area contributed by atoms with Crippen LogP contribution in [0.15, 0.2) is 29.2 Å². The highest BCUT2D eigenvalue weighted by Gasteiger charge is 2.36. The van der Waals surface area contributed by atoms with Crippen molar-refractivity contribution in [2.45, 2.75) is 25.7 Å². The van der Waals surface area contributed by atoms with Crippen LogP contribution in [0.4, 0.5) is 9.18 Å². The van der Waals surface area contributed by atoms with Crippen molar-refractivity contribution in [2.75, 3.05) is 13.1 Å². The molecule has 0 aromatic heterocycles. The van der Waals surface area contributed by atoms with E-state index in [0.29, 0.717) is 37.6 Å². The molecule has 0 radical (unpaired) electrons. The van der Waals surface area contributed by atoms with Gasteiger partial charge < -0.3 is 10.4 Å². The lowest BCUT2D eigenvalue weighted by molar-refractivity contribution is -0.137. The molecule has 2 N–H and O–H groups in total. The van der Waals surface area contributed by atoms with E-state index >= 15 is 0 Å². The number of nitrogens with one attached hydrogen (secondary N) is 1. The summed E-state index contributed by atoms with van der Waals surface area (Å²) in [6, 6.07) is 5.87. The fourth-order valence-electron chi connectivity index (χ4n) is 2.38. The van der Waals surface area contributed by atoms with Gasteiger partial charge in [0.1, 0.15) is 12.4 Å². The van der Waals surface area contributed by atoms with Crippen LogP contribution in [0.25, 0.3) is 6.08 Å². The summed E-state index contributed by atoms with van der Waals surface area (Å²) >= 11 is 0.661. The molecule has 3 amide bonds. The largest absolute Gasteiger partial charge is 0.481 e. The zero-order valence-corrected chi connectivity index (χ0v) is 15.3. The second kappa shape index (κ2) is 9.86. The zero-order chi connectivity index (χ0) is 19.8. The number of carbonyl (C=O) groups is 4. The Morgan fingerprint density at radius 2 is 1.93 bits per heavy atom. The number of halogens is 1. The summed E-state index contributed by atoms with van der Waals surface area (Å²) in [5, 5.41) is 10.5. The van der Waals surface area contributed by atoms with Crippen molar-refractivity contribution >= 4 is 40.9 Å². The average Bonchev–Trinajstić information content (AvgIpc) is 2.87. The molecule has 0 saturated carbocycles. The number of imide groups is 1. The molecule has 1 heterocycles. The van der Waals surface area contributed by atoms with Gasteiger partial charge in [-0.05, 0) is 36.7 Å². The molecular formula is C18H19FN2O5S. The second-order valence-electron chi connectivity index (χ2n) is 5.84. The number of thioether (sulfide) groups is 1. The Labute approximate surface area is 159 Å². The number of carbonyl (C=O) groups excluding carboxylic acids is 3. The minimum Gasteiger partial charge on any atom is -0.481 e. The number of hydrogen-bond acceptors (Lipinski definition) is 5. The van der Waals surface area contributed by atoms with Gasteiger partial charge in [-0.1, -0.05) is 24.6 Å². The Bertz CT molecular complexity index is 781. The maximum atomic E-state index is 13.7. The SMILES string of the molecule is O=C(O)CCCCCNC(=O)CN1C(=O)S/C(=C\c2ccccc2F)C1=O. The average molecular weight is 394 g/mol. The van der Waals surface area contributed by atoms with Crippen molar-refractivity contribution in [3.8, 4) is 0 Å². The van der Waals surface area contributed by atoms with Crippen molar-refractivity contribution in [1.82, 2.24) is 10.2 Å². The Kier molecular flexibility index (Phi) is 7.54. The number of unbranched alkanes of at least 4 members (excludes halogenated alkanes) is 2. The molecule has 9 heteroatoms. The molecule has 1 aliphatic rings. The van der Waals surface area contributed by atoms with Crippen LogP contribution in [-0.4, -0.2) is 46.1 Å². The van der Waals surface area contributed by atoms with Crippen LogP contribution >= 0.6 is 11.8 Å². The molecule has 0 bridgehead atoms. The Balaban J connectivity index is 1.84. The lowest BCUT2D eigenvalue weighted by atomic mass is 10.2. The highest BCUT2D eigenvalue weighted by Crippen LogP contribution is 2.32. The van der Waals surface area contributed by atoms with E-state index in [2.05, 4.69) is 5.32 Å². The van der Waals surface area contributed by atoms with Gasteiger partial charge in [0.2, 0.25) is 5.91 Å². The van der Waals surface area contributed by atoms with Crippen molar-refractivity contribution in [3.63, 3.8) is 0 Å². The van der Waals surface area contributed by atoms with E-state index < -0.39 is 35.4 Å². The number of hydrogen-bond donors (Lipinski definition) is 2. The lowest BCUT2D eigenvalue weighted by Gasteiger charge is -2.12. The third-order valence-corrected chi connectivity index (χ3v) is 4.66. The maximum Gasteiger partial charge on any atom is 0.303 e. The minimum absolute atomic E-state index is 0.0616. The van der Waals surface area contributed by atoms with E-state index in [1.54, 1.807) is 6.07 Å². The quantitative estimate of drug-likeness (QED) is 0.493. The zero-order valence-electron chi connectivity index (χ0n) is 14.4. The Hall–Kier alpha value is -2.68. The second-order valence-corrected chi connectivity index (χ2v) is 6.84. The standard InChI is InChI=1S/C18H19FN2O5S/c19-13-7-4-3-6-12(13)10-14-17(25)21(18(26)27-14)11-15(22)20-9-5-1-2-8-16(23)24/h3-4,6-7,10H,1-2,5,8-9,11H2,(H,20,22)(H,23,24)/b14-10-. The van der Waals surface area contributed by atoms with Gasteiger partial charge >= 0.3 is 5.97 Å². The van der Waals surface area contributed by atoms with Gasteiger partial charge in [-0.2, -0.15) is 0 Å². The normalized spacial score (nSPS) is 15.4. The predicted octanol–water partition coefficient (Wildman–Crippen LogP) is 2.62. The van der Waals surface area contributed by atoms with Crippen LogP contribution in [0.3, 0.4) is 0 Å². The van der Waals surface area contributed by atoms with Gasteiger partial charge in [-0.25, -0.2) is 4.39 Å². The molecule has 1 saturated heterocycles. The monoisotopic (exact) mass is 394 g/mol. The molecule has 2 rings (SSSR count). The first-order valence-electron chi connectivity index (χ1n) is 8.37. The number of nitrogens with zero attached hydrogens (tertiary/aromatic N) is 1. The van der Waals surface area contributed by atoms with Gasteiger partial charge in [0.05, 0.1) is 4.91 Å². The summed E-state index contributed by atoms with van der Waals surface area (Å²) in [5.74, 6) is -2.49. The van der Waals surface area contributed by atoms with Crippen molar-refractivity contribution in [1.29, 1.82) is 0 Å². The van der Waals surface area contributed by atoms with Crippen molar-refractivity contribution < 1.29 is 28.7 Å². The van der Waals surface area contributed by atoms with E-state index in [4.69, 9.17) is 5.11 Å². The predicted molar refractivity (Wildman–Crippen MR) is 98.2 cm³/mol. The molecule has 1 aromatic rings. The van der Waals surface area contributed by atoms with E-state index in [1.165, 1.54) is 24.3 Å². The van der Waals surface area contributed by atoms with Crippen LogP contribution in [0.5, 0.6) is 0 Å². The Morgan fingerprint density at radius 1 is 1.19 bits per heavy atom. The van der Waals surface area contributed by atoms with Crippen LogP contribution in [0.1, 0.15) is 31.2 Å². The van der Waals surface area contributed by atoms with E-state index in [1.807, 2.05) is 0 Å². The van der Waals surface area contributed by atoms with Crippen molar-refractivity contribution in [3.05, 3.63) is 40.6 Å². The molecule has 7 nitrogen and oxygen atoms in total. The molecule has 1 aliphatic heterocycles. The van der Waals surface area contributed by atoms with E-state index in [0.717, 1.165) is 4.90 Å². The summed E-state index contributed by atoms with van der Waals surface area (Å²) in [6.45, 7) is -0.0753. The number of aliphatic carboxylic acids is 1. The fraction of sp³-hybridized carbons (Fsp3) is 0.333. The third kappa shape index (κ3) is 6.21. The van der Waals surface area contributed by atoms with Gasteiger partial charge in [-0.15, -0.1) is 0 Å². The molecule has 144 valence electrons. The van der Waals surface area contributed by atoms with Crippen LogP contribution < -0.4 is 5.32 Å². The first-order chi connectivity index (χ1) is 12.9. The van der Waals surface area contributed by atoms with Gasteiger partial charge in [0, 0.05) is 18.5 Å². The molecule has 0 aliphatic carbocycles. The summed E-state index contributed by atoms with van der Waals surface area (Å²) < 4.78 is 13.7. The lowest BCUT2D eigenvalue weighted by Crippen LogP contribution is -2.39. The number of amides is 3. The molecule has 0 spiro atoms. The maximum absolute atomic E-state index is 13.7. The topological polar surface area (TPSA) is 104 Å². The summed E-state index contributed by atoms with van der Waals surface area (Å²) in [4.78, 5) is 47.5. The smallest absolute Gasteiger partial charge is 0.303 e. The molecule has 1 fully saturated rings. The van der Waals surface area contributed by atoms with E-state index in [9.17, 15) is 23.6 Å². The molecular weight excluding hydrogens is 375 g/mol. The summed E-state index contributed by atoms with van der Waals surface area (Å²) in [5.41, 5.74) is 0.189. The van der Waals surface area contributed by atoms with Crippen LogP contribution in [-0.2, 0) is 14.4 Å². The van der Waals surface area contributed by atoms with Crippen LogP contribution in [0.2, 0.25) is 0 Å². The molecule has 1 aromatic carbocycles. The molecule has 0 unspecified atom stereocenters. The summed E-state index contributed by atoms with van der Waals surface area (Å²) in [6.07, 6.45) is 3.16. The highest BCUT2D eigenvalue weighted by molar-refractivity contribution is 8.18. The fourth-order valence-corrected chi connectivity index (χ4v) is 3.20. The van der Waals surface area contributed by atoms with Gasteiger partial charge in [-0.3, -0.25) is 24.1 Å². The first-order valence-corrected chi connectivity index (χ1v) is 9.18. The summed E-state index contributed by atoms with van der Waals surface area (Å²) in [7, 11) is 0. The number of benzene rings is 1. The first kappa shape index (κ1) is 20.6. The van der Waals surface area contributed by atoms with Gasteiger partial charge in [0.25, 0.3) is 11.1 Å². The molecule has 0 atom stereocenters. The van der Waals surface area contributed by atoms with Crippen molar-refractivity contribution in [2.24, 2.45) is 0 Å². The van der Waals surface area contributed by atoms with Crippen LogP contribution in [0, 0.1) is 5.82 Å². The molecule has 27 heavy (non-hydrogen) atoms. The third-order valence-electron chi connectivity index (χ3n) is 3.76. The minimum atomic E-state index is -0.859. The van der Waals surface area contributed by atoms with E-state index in [-0.39, 0.29) is 16.9 Å². The number of carboxylic acid groups (broad SMARTS) is 1. The number of rotatable bonds is 9. The van der Waals surface area contributed by atoms with Gasteiger partial charge in [0.15, 0.2) is 0 Å². The highest BCUT2D eigenvalue weighted by atomic mass is 32.2.